The Bertz CT molecular complexity index is 428. The van der Waals surface area contributed by atoms with Crippen LogP contribution in [0.2, 0.25) is 0 Å². The van der Waals surface area contributed by atoms with E-state index in [0.29, 0.717) is 24.0 Å². The molecule has 2 amide bonds. The summed E-state index contributed by atoms with van der Waals surface area (Å²) < 4.78 is 0. The normalized spacial score (nSPS) is 20.6. The van der Waals surface area contributed by atoms with Crippen LogP contribution >= 0.6 is 22.9 Å². The molecule has 0 aromatic carbocycles. The maximum Gasteiger partial charge on any atom is 0.328 e. The largest absolute Gasteiger partial charge is 0.373 e. The fraction of sp³-hybridized carbons (Fsp3) is 0.700. The van der Waals surface area contributed by atoms with Crippen molar-refractivity contribution < 1.29 is 9.90 Å². The molecule has 0 aliphatic carbocycles. The molecule has 0 spiro atoms. The van der Waals surface area contributed by atoms with Gasteiger partial charge in [-0.05, 0) is 6.42 Å². The number of urea groups is 1. The number of amides is 2. The molecule has 1 saturated heterocycles. The molecule has 18 heavy (non-hydrogen) atoms. The number of aryl methyl sites for hydroxylation is 1. The van der Waals surface area contributed by atoms with Gasteiger partial charge in [0.1, 0.15) is 11.2 Å². The van der Waals surface area contributed by atoms with Gasteiger partial charge in [0.25, 0.3) is 0 Å². The average molecular weight is 291 g/mol. The maximum atomic E-state index is 12.0. The molecule has 2 rings (SSSR count). The summed E-state index contributed by atoms with van der Waals surface area (Å²) >= 11 is 6.94. The third-order valence-corrected chi connectivity index (χ3v) is 3.99. The third-order valence-electron chi connectivity index (χ3n) is 2.74. The Hall–Kier alpha value is -0.920. The van der Waals surface area contributed by atoms with E-state index >= 15 is 0 Å². The summed E-state index contributed by atoms with van der Waals surface area (Å²) in [5.41, 5.74) is 0. The Morgan fingerprint density at radius 3 is 3.06 bits per heavy atom. The molecule has 6 nitrogen and oxygen atoms in total. The number of hydrogen-bond donors (Lipinski definition) is 1. The number of halogens is 1. The minimum absolute atomic E-state index is 0.242. The second-order valence-electron chi connectivity index (χ2n) is 4.11. The second-order valence-corrected chi connectivity index (χ2v) is 5.53. The molecule has 1 unspecified atom stereocenters. The predicted molar refractivity (Wildman–Crippen MR) is 70.1 cm³/mol. The van der Waals surface area contributed by atoms with Gasteiger partial charge in [-0.2, -0.15) is 0 Å². The van der Waals surface area contributed by atoms with Crippen LogP contribution in [0.3, 0.4) is 0 Å². The summed E-state index contributed by atoms with van der Waals surface area (Å²) in [5.74, 6) is 0.572. The summed E-state index contributed by atoms with van der Waals surface area (Å²) in [6.45, 7) is 0.550. The lowest BCUT2D eigenvalue weighted by Crippen LogP contribution is -2.53. The van der Waals surface area contributed by atoms with Crippen LogP contribution in [-0.2, 0) is 6.42 Å². The van der Waals surface area contributed by atoms with Crippen molar-refractivity contribution in [2.45, 2.75) is 25.5 Å². The average Bonchev–Trinajstić information content (AvgIpc) is 2.80. The summed E-state index contributed by atoms with van der Waals surface area (Å²) in [6.07, 6.45) is 1.27. The van der Waals surface area contributed by atoms with Crippen LogP contribution in [0, 0.1) is 0 Å². The zero-order chi connectivity index (χ0) is 13.1. The van der Waals surface area contributed by atoms with Crippen molar-refractivity contribution in [3.8, 4) is 0 Å². The molecule has 0 saturated carbocycles. The Labute approximate surface area is 114 Å². The van der Waals surface area contributed by atoms with Gasteiger partial charge in [-0.15, -0.1) is 21.8 Å². The van der Waals surface area contributed by atoms with Gasteiger partial charge in [0.05, 0.1) is 0 Å². The number of alkyl halides is 1. The van der Waals surface area contributed by atoms with E-state index in [4.69, 9.17) is 11.6 Å². The molecule has 100 valence electrons. The Morgan fingerprint density at radius 1 is 1.56 bits per heavy atom. The van der Waals surface area contributed by atoms with E-state index in [-0.39, 0.29) is 6.03 Å². The van der Waals surface area contributed by atoms with Gasteiger partial charge in [-0.25, -0.2) is 9.69 Å². The van der Waals surface area contributed by atoms with Crippen LogP contribution < -0.4 is 4.90 Å². The van der Waals surface area contributed by atoms with E-state index in [9.17, 15) is 9.90 Å². The quantitative estimate of drug-likeness (QED) is 0.849. The predicted octanol–water partition coefficient (Wildman–Crippen LogP) is 1.29. The van der Waals surface area contributed by atoms with Crippen LogP contribution in [-0.4, -0.2) is 51.9 Å². The van der Waals surface area contributed by atoms with E-state index in [2.05, 4.69) is 10.2 Å². The number of carbonyl (C=O) groups excluding carboxylic acids is 1. The van der Waals surface area contributed by atoms with Crippen molar-refractivity contribution in [2.75, 3.05) is 24.4 Å². The summed E-state index contributed by atoms with van der Waals surface area (Å²) in [7, 11) is 1.71. The number of carbonyl (C=O) groups is 1. The number of anilines is 1. The summed E-state index contributed by atoms with van der Waals surface area (Å²) in [6, 6.07) is -0.242. The zero-order valence-corrected chi connectivity index (χ0v) is 11.6. The van der Waals surface area contributed by atoms with E-state index in [0.717, 1.165) is 17.8 Å². The molecule has 1 aromatic rings. The lowest BCUT2D eigenvalue weighted by Gasteiger charge is -2.35. The van der Waals surface area contributed by atoms with E-state index in [1.54, 1.807) is 11.9 Å². The fourth-order valence-electron chi connectivity index (χ4n) is 1.72. The molecule has 1 atom stereocenters. The number of aliphatic hydroxyl groups is 1. The highest BCUT2D eigenvalue weighted by Gasteiger charge is 2.33. The standard InChI is InChI=1S/C10H15ClN4O2S/c1-14-6-4-8(16)15(10(14)17)9-13-12-7(18-9)3-2-5-11/h8,16H,2-6H2,1H3. The first-order valence-electron chi connectivity index (χ1n) is 5.74. The van der Waals surface area contributed by atoms with Crippen molar-refractivity contribution in [3.05, 3.63) is 5.01 Å². The highest BCUT2D eigenvalue weighted by Crippen LogP contribution is 2.26. The maximum absolute atomic E-state index is 12.0. The molecular formula is C10H15ClN4O2S. The van der Waals surface area contributed by atoms with Crippen LogP contribution in [0.25, 0.3) is 0 Å². The Balaban J connectivity index is 2.13. The number of rotatable bonds is 4. The number of nitrogens with zero attached hydrogens (tertiary/aromatic N) is 4. The Morgan fingerprint density at radius 2 is 2.33 bits per heavy atom. The number of aromatic nitrogens is 2. The highest BCUT2D eigenvalue weighted by molar-refractivity contribution is 7.15. The molecule has 1 aliphatic rings. The SMILES string of the molecule is CN1CCC(O)N(c2nnc(CCCCl)s2)C1=O. The van der Waals surface area contributed by atoms with Gasteiger partial charge in [0.15, 0.2) is 0 Å². The molecule has 2 heterocycles. The monoisotopic (exact) mass is 290 g/mol. The van der Waals surface area contributed by atoms with Gasteiger partial charge in [-0.3, -0.25) is 0 Å². The zero-order valence-electron chi connectivity index (χ0n) is 10.0. The molecule has 1 N–H and O–H groups in total. The van der Waals surface area contributed by atoms with Crippen molar-refractivity contribution >= 4 is 34.1 Å². The molecule has 0 radical (unpaired) electrons. The highest BCUT2D eigenvalue weighted by atomic mass is 35.5. The molecule has 1 fully saturated rings. The first kappa shape index (κ1) is 13.5. The van der Waals surface area contributed by atoms with Crippen LogP contribution in [0.15, 0.2) is 0 Å². The first-order valence-corrected chi connectivity index (χ1v) is 7.09. The minimum Gasteiger partial charge on any atom is -0.373 e. The Kier molecular flexibility index (Phi) is 4.36. The topological polar surface area (TPSA) is 69.6 Å². The van der Waals surface area contributed by atoms with Crippen molar-refractivity contribution in [1.29, 1.82) is 0 Å². The van der Waals surface area contributed by atoms with Gasteiger partial charge < -0.3 is 10.0 Å². The van der Waals surface area contributed by atoms with Crippen molar-refractivity contribution in [1.82, 2.24) is 15.1 Å². The van der Waals surface area contributed by atoms with Gasteiger partial charge in [0.2, 0.25) is 5.13 Å². The van der Waals surface area contributed by atoms with Gasteiger partial charge >= 0.3 is 6.03 Å². The fourth-order valence-corrected chi connectivity index (χ4v) is 2.77. The molecular weight excluding hydrogens is 276 g/mol. The minimum atomic E-state index is -0.817. The molecule has 1 aromatic heterocycles. The third kappa shape index (κ3) is 2.73. The van der Waals surface area contributed by atoms with Gasteiger partial charge in [-0.1, -0.05) is 11.3 Å². The molecule has 0 bridgehead atoms. The van der Waals surface area contributed by atoms with Crippen LogP contribution in [0.1, 0.15) is 17.8 Å². The second kappa shape index (κ2) is 5.81. The van der Waals surface area contributed by atoms with Crippen molar-refractivity contribution in [2.24, 2.45) is 0 Å². The van der Waals surface area contributed by atoms with Crippen molar-refractivity contribution in [3.63, 3.8) is 0 Å². The van der Waals surface area contributed by atoms with Crippen LogP contribution in [0.5, 0.6) is 0 Å². The smallest absolute Gasteiger partial charge is 0.328 e. The number of hydrogen-bond acceptors (Lipinski definition) is 5. The lowest BCUT2D eigenvalue weighted by atomic mass is 10.3. The van der Waals surface area contributed by atoms with Crippen LogP contribution in [0.4, 0.5) is 9.93 Å². The first-order chi connectivity index (χ1) is 8.63. The number of aliphatic hydroxyl groups excluding tert-OH is 1. The molecule has 1 aliphatic heterocycles. The molecule has 8 heteroatoms. The van der Waals surface area contributed by atoms with E-state index < -0.39 is 6.23 Å². The van der Waals surface area contributed by atoms with E-state index in [1.807, 2.05) is 0 Å². The van der Waals surface area contributed by atoms with Gasteiger partial charge in [0, 0.05) is 32.3 Å². The lowest BCUT2D eigenvalue weighted by molar-refractivity contribution is 0.116. The van der Waals surface area contributed by atoms with E-state index in [1.165, 1.54) is 16.2 Å². The summed E-state index contributed by atoms with van der Waals surface area (Å²) in [4.78, 5) is 14.8. The summed E-state index contributed by atoms with van der Waals surface area (Å²) in [5, 5.41) is 19.2.